The van der Waals surface area contributed by atoms with Crippen LogP contribution in [-0.4, -0.2) is 48.7 Å². The first-order valence-corrected chi connectivity index (χ1v) is 9.32. The van der Waals surface area contributed by atoms with Gasteiger partial charge in [-0.3, -0.25) is 4.79 Å². The third kappa shape index (κ3) is 3.53. The number of hydrogen-bond acceptors (Lipinski definition) is 3. The molecule has 0 spiro atoms. The fourth-order valence-corrected chi connectivity index (χ4v) is 3.87. The number of carbonyl (C=O) groups excluding carboxylic acids is 1. The molecule has 27 heavy (non-hydrogen) atoms. The van der Waals surface area contributed by atoms with Gasteiger partial charge in [0, 0.05) is 29.2 Å². The number of fused-ring (bicyclic) bond motifs is 1. The molecule has 3 aromatic rings. The maximum Gasteiger partial charge on any atom is 0.254 e. The Labute approximate surface area is 162 Å². The Bertz CT molecular complexity index is 969. The van der Waals surface area contributed by atoms with Crippen LogP contribution in [0.2, 0.25) is 5.02 Å². The van der Waals surface area contributed by atoms with E-state index in [-0.39, 0.29) is 11.9 Å². The number of benzene rings is 2. The number of morpholine rings is 1. The normalized spacial score (nSPS) is 17.3. The number of methoxy groups -OCH3 is 1. The summed E-state index contributed by atoms with van der Waals surface area (Å²) in [5, 5.41) is 1.62. The second-order valence-corrected chi connectivity index (χ2v) is 7.05. The third-order valence-corrected chi connectivity index (χ3v) is 5.31. The van der Waals surface area contributed by atoms with E-state index in [1.54, 1.807) is 25.3 Å². The van der Waals surface area contributed by atoms with Crippen LogP contribution in [-0.2, 0) is 11.2 Å². The standard InChI is InChI=1S/C21H21ClN2O3/c1-26-20-7-6-14(11-18(20)22)21(25)24-8-9-27-13-16(24)10-15-12-23-19-5-3-2-4-17(15)19/h2-7,11-12,16,23H,8-10,13H2,1H3. The van der Waals surface area contributed by atoms with Crippen molar-refractivity contribution >= 4 is 28.4 Å². The van der Waals surface area contributed by atoms with Gasteiger partial charge < -0.3 is 19.4 Å². The fraction of sp³-hybridized carbons (Fsp3) is 0.286. The molecule has 0 saturated carbocycles. The highest BCUT2D eigenvalue weighted by Gasteiger charge is 2.29. The molecule has 2 heterocycles. The van der Waals surface area contributed by atoms with E-state index < -0.39 is 0 Å². The molecule has 1 atom stereocenters. The second kappa shape index (κ2) is 7.62. The summed E-state index contributed by atoms with van der Waals surface area (Å²) in [5.74, 6) is 0.526. The third-order valence-electron chi connectivity index (χ3n) is 5.02. The van der Waals surface area contributed by atoms with Crippen LogP contribution in [0.4, 0.5) is 0 Å². The molecule has 1 aliphatic rings. The van der Waals surface area contributed by atoms with Gasteiger partial charge in [-0.2, -0.15) is 0 Å². The lowest BCUT2D eigenvalue weighted by atomic mass is 10.0. The van der Waals surface area contributed by atoms with Crippen molar-refractivity contribution in [3.8, 4) is 5.75 Å². The number of carbonyl (C=O) groups is 1. The molecule has 6 heteroatoms. The molecule has 140 valence electrons. The van der Waals surface area contributed by atoms with Crippen LogP contribution < -0.4 is 4.74 Å². The first-order valence-electron chi connectivity index (χ1n) is 8.94. The highest BCUT2D eigenvalue weighted by molar-refractivity contribution is 6.32. The Balaban J connectivity index is 1.58. The Morgan fingerprint density at radius 2 is 2.19 bits per heavy atom. The molecule has 5 nitrogen and oxygen atoms in total. The van der Waals surface area contributed by atoms with Gasteiger partial charge in [-0.1, -0.05) is 29.8 Å². The lowest BCUT2D eigenvalue weighted by molar-refractivity contribution is -0.00155. The summed E-state index contributed by atoms with van der Waals surface area (Å²) in [6.45, 7) is 1.63. The molecule has 0 radical (unpaired) electrons. The number of nitrogens with zero attached hydrogens (tertiary/aromatic N) is 1. The fourth-order valence-electron chi connectivity index (χ4n) is 3.61. The topological polar surface area (TPSA) is 54.6 Å². The lowest BCUT2D eigenvalue weighted by Gasteiger charge is -2.35. The molecule has 1 aliphatic heterocycles. The number of aromatic nitrogens is 1. The van der Waals surface area contributed by atoms with E-state index in [4.69, 9.17) is 21.1 Å². The lowest BCUT2D eigenvalue weighted by Crippen LogP contribution is -2.49. The minimum Gasteiger partial charge on any atom is -0.495 e. The summed E-state index contributed by atoms with van der Waals surface area (Å²) in [5.41, 5.74) is 2.85. The van der Waals surface area contributed by atoms with Gasteiger partial charge in [0.05, 0.1) is 31.4 Å². The number of aromatic amines is 1. The number of ether oxygens (including phenoxy) is 2. The highest BCUT2D eigenvalue weighted by Crippen LogP contribution is 2.27. The predicted molar refractivity (Wildman–Crippen MR) is 106 cm³/mol. The Morgan fingerprint density at radius 3 is 3.00 bits per heavy atom. The zero-order valence-electron chi connectivity index (χ0n) is 15.1. The van der Waals surface area contributed by atoms with Crippen LogP contribution in [0.15, 0.2) is 48.7 Å². The molecule has 1 unspecified atom stereocenters. The Kier molecular flexibility index (Phi) is 5.05. The van der Waals surface area contributed by atoms with Crippen molar-refractivity contribution in [1.29, 1.82) is 0 Å². The zero-order valence-corrected chi connectivity index (χ0v) is 15.8. The average molecular weight is 385 g/mol. The molecule has 0 bridgehead atoms. The van der Waals surface area contributed by atoms with Crippen LogP contribution in [0.5, 0.6) is 5.75 Å². The molecule has 2 aromatic carbocycles. The number of rotatable bonds is 4. The average Bonchev–Trinajstić information content (AvgIpc) is 3.11. The second-order valence-electron chi connectivity index (χ2n) is 6.64. The quantitative estimate of drug-likeness (QED) is 0.741. The summed E-state index contributed by atoms with van der Waals surface area (Å²) >= 11 is 6.20. The molecule has 1 amide bonds. The van der Waals surface area contributed by atoms with Crippen molar-refractivity contribution in [3.63, 3.8) is 0 Å². The summed E-state index contributed by atoms with van der Waals surface area (Å²) < 4.78 is 10.8. The smallest absolute Gasteiger partial charge is 0.254 e. The van der Waals surface area contributed by atoms with Crippen LogP contribution >= 0.6 is 11.6 Å². The van der Waals surface area contributed by atoms with Crippen molar-refractivity contribution in [3.05, 3.63) is 64.8 Å². The van der Waals surface area contributed by atoms with Gasteiger partial charge in [-0.15, -0.1) is 0 Å². The van der Waals surface area contributed by atoms with Crippen LogP contribution in [0, 0.1) is 0 Å². The largest absolute Gasteiger partial charge is 0.495 e. The van der Waals surface area contributed by atoms with E-state index in [9.17, 15) is 4.79 Å². The van der Waals surface area contributed by atoms with Gasteiger partial charge in [0.15, 0.2) is 0 Å². The molecular weight excluding hydrogens is 364 g/mol. The van der Waals surface area contributed by atoms with Crippen LogP contribution in [0.25, 0.3) is 10.9 Å². The van der Waals surface area contributed by atoms with Gasteiger partial charge in [0.25, 0.3) is 5.91 Å². The maximum atomic E-state index is 13.1. The molecule has 1 aromatic heterocycles. The predicted octanol–water partition coefficient (Wildman–Crippen LogP) is 3.91. The van der Waals surface area contributed by atoms with Gasteiger partial charge >= 0.3 is 0 Å². The van der Waals surface area contributed by atoms with Crippen molar-refractivity contribution in [2.75, 3.05) is 26.9 Å². The molecule has 1 saturated heterocycles. The van der Waals surface area contributed by atoms with Crippen molar-refractivity contribution < 1.29 is 14.3 Å². The number of nitrogens with one attached hydrogen (secondary N) is 1. The van der Waals surface area contributed by atoms with Crippen LogP contribution in [0.3, 0.4) is 0 Å². The number of para-hydroxylation sites is 1. The zero-order chi connectivity index (χ0) is 18.8. The molecule has 1 fully saturated rings. The van der Waals surface area contributed by atoms with Gasteiger partial charge in [-0.25, -0.2) is 0 Å². The summed E-state index contributed by atoms with van der Waals surface area (Å²) in [6.07, 6.45) is 2.76. The van der Waals surface area contributed by atoms with E-state index in [1.165, 1.54) is 10.9 Å². The summed E-state index contributed by atoms with van der Waals surface area (Å²) in [6, 6.07) is 13.3. The van der Waals surface area contributed by atoms with Gasteiger partial charge in [-0.05, 0) is 36.2 Å². The van der Waals surface area contributed by atoms with E-state index in [2.05, 4.69) is 17.1 Å². The van der Waals surface area contributed by atoms with Crippen molar-refractivity contribution in [2.45, 2.75) is 12.5 Å². The Morgan fingerprint density at radius 1 is 1.33 bits per heavy atom. The minimum atomic E-state index is -0.0345. The number of H-pyrrole nitrogens is 1. The first kappa shape index (κ1) is 17.9. The van der Waals surface area contributed by atoms with Gasteiger partial charge in [0.2, 0.25) is 0 Å². The first-order chi connectivity index (χ1) is 13.2. The van der Waals surface area contributed by atoms with Gasteiger partial charge in [0.1, 0.15) is 5.75 Å². The number of hydrogen-bond donors (Lipinski definition) is 1. The minimum absolute atomic E-state index is 0.0219. The number of halogens is 1. The maximum absolute atomic E-state index is 13.1. The highest BCUT2D eigenvalue weighted by atomic mass is 35.5. The monoisotopic (exact) mass is 384 g/mol. The van der Waals surface area contributed by atoms with E-state index in [1.807, 2.05) is 23.2 Å². The molecule has 1 N–H and O–H groups in total. The van der Waals surface area contributed by atoms with E-state index >= 15 is 0 Å². The van der Waals surface area contributed by atoms with Crippen molar-refractivity contribution in [1.82, 2.24) is 9.88 Å². The Hall–Kier alpha value is -2.50. The molecule has 4 rings (SSSR count). The van der Waals surface area contributed by atoms with E-state index in [0.717, 1.165) is 11.9 Å². The van der Waals surface area contributed by atoms with Crippen LogP contribution in [0.1, 0.15) is 15.9 Å². The molecular formula is C21H21ClN2O3. The van der Waals surface area contributed by atoms with Crippen molar-refractivity contribution in [2.24, 2.45) is 0 Å². The van der Waals surface area contributed by atoms with E-state index in [0.29, 0.717) is 36.1 Å². The number of amides is 1. The molecule has 0 aliphatic carbocycles. The SMILES string of the molecule is COc1ccc(C(=O)N2CCOCC2Cc2c[nH]c3ccccc23)cc1Cl. The summed E-state index contributed by atoms with van der Waals surface area (Å²) in [7, 11) is 1.56. The summed E-state index contributed by atoms with van der Waals surface area (Å²) in [4.78, 5) is 18.3.